The molecule has 8 heteroatoms. The summed E-state index contributed by atoms with van der Waals surface area (Å²) >= 11 is 0. The van der Waals surface area contributed by atoms with Crippen molar-refractivity contribution in [2.24, 2.45) is 10.6 Å². The topological polar surface area (TPSA) is 63.6 Å². The van der Waals surface area contributed by atoms with Gasteiger partial charge >= 0.3 is 5.97 Å². The molecule has 0 unspecified atom stereocenters. The molecule has 3 fully saturated rings. The first-order valence-electron chi connectivity index (χ1n) is 15.2. The Hall–Kier alpha value is -3.13. The third-order valence-electron chi connectivity index (χ3n) is 8.96. The highest BCUT2D eigenvalue weighted by Crippen LogP contribution is 2.49. The third-order valence-corrected chi connectivity index (χ3v) is 8.96. The Labute approximate surface area is 242 Å². The van der Waals surface area contributed by atoms with Crippen LogP contribution in [0.2, 0.25) is 0 Å². The average Bonchev–Trinajstić information content (AvgIpc) is 3.68. The summed E-state index contributed by atoms with van der Waals surface area (Å²) in [5.41, 5.74) is 3.97. The Morgan fingerprint density at radius 2 is 1.85 bits per heavy atom. The molecule has 2 aromatic rings. The van der Waals surface area contributed by atoms with Gasteiger partial charge in [0.2, 0.25) is 0 Å². The molecule has 1 spiro atoms. The van der Waals surface area contributed by atoms with Crippen molar-refractivity contribution < 1.29 is 23.5 Å². The molecule has 1 aliphatic carbocycles. The predicted octanol–water partition coefficient (Wildman–Crippen LogP) is 6.11. The second kappa shape index (κ2) is 10.9. The molecule has 7 nitrogen and oxygen atoms in total. The molecule has 0 amide bonds. The molecule has 0 radical (unpaired) electrons. The minimum atomic E-state index is -0.415. The first-order chi connectivity index (χ1) is 19.7. The van der Waals surface area contributed by atoms with Gasteiger partial charge < -0.3 is 19.2 Å². The van der Waals surface area contributed by atoms with Gasteiger partial charge in [-0.3, -0.25) is 9.69 Å². The van der Waals surface area contributed by atoms with E-state index in [9.17, 15) is 9.18 Å². The Bertz CT molecular complexity index is 1310. The lowest BCUT2D eigenvalue weighted by Gasteiger charge is -2.46. The number of amidine groups is 1. The molecule has 2 aromatic carbocycles. The van der Waals surface area contributed by atoms with E-state index in [1.165, 1.54) is 36.1 Å². The monoisotopic (exact) mass is 563 g/mol. The zero-order valence-corrected chi connectivity index (χ0v) is 24.7. The summed E-state index contributed by atoms with van der Waals surface area (Å²) in [4.78, 5) is 23.1. The second-order valence-corrected chi connectivity index (χ2v) is 12.9. The van der Waals surface area contributed by atoms with Crippen LogP contribution in [0.3, 0.4) is 0 Å². The van der Waals surface area contributed by atoms with Gasteiger partial charge in [0.25, 0.3) is 0 Å². The number of esters is 1. The Kier molecular flexibility index (Phi) is 7.47. The minimum Gasteiger partial charge on any atom is -0.490 e. The number of carbonyl (C=O) groups is 1. The van der Waals surface area contributed by atoms with E-state index in [0.29, 0.717) is 12.5 Å². The lowest BCUT2D eigenvalue weighted by atomic mass is 9.80. The molecule has 0 bridgehead atoms. The van der Waals surface area contributed by atoms with Crippen LogP contribution in [0.4, 0.5) is 4.39 Å². The normalized spacial score (nSPS) is 21.4. The summed E-state index contributed by atoms with van der Waals surface area (Å²) in [7, 11) is 0. The van der Waals surface area contributed by atoms with Crippen molar-refractivity contribution in [2.45, 2.75) is 84.0 Å². The Morgan fingerprint density at radius 1 is 1.15 bits per heavy atom. The molecule has 0 N–H and O–H groups in total. The van der Waals surface area contributed by atoms with Crippen LogP contribution in [-0.4, -0.2) is 66.1 Å². The van der Waals surface area contributed by atoms with Crippen molar-refractivity contribution in [1.29, 1.82) is 0 Å². The molecule has 4 aliphatic rings. The molecule has 2 saturated heterocycles. The van der Waals surface area contributed by atoms with Gasteiger partial charge in [-0.15, -0.1) is 0 Å². The van der Waals surface area contributed by atoms with Gasteiger partial charge in [0.05, 0.1) is 24.5 Å². The number of carbonyl (C=O) groups excluding carboxylic acids is 1. The molecule has 0 aromatic heterocycles. The van der Waals surface area contributed by atoms with E-state index in [4.69, 9.17) is 14.3 Å². The maximum atomic E-state index is 13.7. The molecule has 3 heterocycles. The van der Waals surface area contributed by atoms with Crippen LogP contribution < -0.4 is 4.74 Å². The predicted molar refractivity (Wildman–Crippen MR) is 156 cm³/mol. The van der Waals surface area contributed by atoms with Crippen LogP contribution in [-0.2, 0) is 20.9 Å². The van der Waals surface area contributed by atoms with E-state index in [1.54, 1.807) is 0 Å². The maximum absolute atomic E-state index is 13.7. The number of benzene rings is 2. The van der Waals surface area contributed by atoms with Gasteiger partial charge in [-0.25, -0.2) is 4.39 Å². The highest BCUT2D eigenvalue weighted by Gasteiger charge is 2.51. The molecule has 0 atom stereocenters. The molecule has 6 rings (SSSR count). The van der Waals surface area contributed by atoms with E-state index < -0.39 is 5.41 Å². The smallest absolute Gasteiger partial charge is 0.311 e. The average molecular weight is 564 g/mol. The van der Waals surface area contributed by atoms with Gasteiger partial charge in [0.1, 0.15) is 17.4 Å². The van der Waals surface area contributed by atoms with Gasteiger partial charge in [-0.05, 0) is 94.2 Å². The van der Waals surface area contributed by atoms with E-state index in [1.807, 2.05) is 39.8 Å². The number of oxime groups is 1. The first kappa shape index (κ1) is 28.0. The number of nitrogens with zero attached hydrogens (tertiary/aromatic N) is 3. The van der Waals surface area contributed by atoms with Crippen LogP contribution in [0.15, 0.2) is 41.6 Å². The van der Waals surface area contributed by atoms with Gasteiger partial charge in [-0.2, -0.15) is 0 Å². The summed E-state index contributed by atoms with van der Waals surface area (Å²) in [6.07, 6.45) is 4.72. The quantitative estimate of drug-likeness (QED) is 0.361. The third kappa shape index (κ3) is 5.81. The Balaban J connectivity index is 1.10. The number of hydrogen-bond donors (Lipinski definition) is 0. The summed E-state index contributed by atoms with van der Waals surface area (Å²) in [6.45, 7) is 12.4. The molecule has 41 heavy (non-hydrogen) atoms. The molecule has 3 aliphatic heterocycles. The number of halogens is 1. The van der Waals surface area contributed by atoms with Crippen LogP contribution >= 0.6 is 0 Å². The molecule has 1 saturated carbocycles. The Morgan fingerprint density at radius 3 is 2.49 bits per heavy atom. The van der Waals surface area contributed by atoms with Crippen LogP contribution in [0.25, 0.3) is 11.1 Å². The first-order valence-corrected chi connectivity index (χ1v) is 15.2. The largest absolute Gasteiger partial charge is 0.490 e. The van der Waals surface area contributed by atoms with Gasteiger partial charge in [0, 0.05) is 38.3 Å². The lowest BCUT2D eigenvalue weighted by molar-refractivity contribution is -0.156. The number of piperidine rings is 1. The van der Waals surface area contributed by atoms with Crippen LogP contribution in [0, 0.1) is 11.2 Å². The molecule has 220 valence electrons. The summed E-state index contributed by atoms with van der Waals surface area (Å²) in [5.74, 6) is 2.09. The summed E-state index contributed by atoms with van der Waals surface area (Å²) in [6, 6.07) is 11.3. The number of rotatable bonds is 8. The fourth-order valence-electron chi connectivity index (χ4n) is 6.52. The SMILES string of the molecule is CCOC(=O)C1(C)CCN(C2=NOC3(C2)CN(Cc2cc(OC(C)C)c(-c4ccc(F)cc4)c(C4CC4)c2)C3)CC1. The highest BCUT2D eigenvalue weighted by atomic mass is 19.1. The van der Waals surface area contributed by atoms with Crippen molar-refractivity contribution in [3.05, 3.63) is 53.3 Å². The summed E-state index contributed by atoms with van der Waals surface area (Å²) in [5, 5.41) is 4.50. The lowest BCUT2D eigenvalue weighted by Crippen LogP contribution is -2.61. The van der Waals surface area contributed by atoms with E-state index in [2.05, 4.69) is 27.1 Å². The zero-order valence-electron chi connectivity index (χ0n) is 24.7. The number of ether oxygens (including phenoxy) is 2. The van der Waals surface area contributed by atoms with E-state index >= 15 is 0 Å². The van der Waals surface area contributed by atoms with Gasteiger partial charge in [-0.1, -0.05) is 23.4 Å². The summed E-state index contributed by atoms with van der Waals surface area (Å²) < 4.78 is 25.4. The van der Waals surface area contributed by atoms with Crippen molar-refractivity contribution in [2.75, 3.05) is 32.8 Å². The standard InChI is InChI=1S/C33H42FN3O4/c1-5-39-31(38)32(4)12-14-37(15-13-32)29-18-33(41-35-29)20-36(21-33)19-23-16-27(24-6-7-24)30(28(17-23)40-22(2)3)25-8-10-26(34)11-9-25/h8-11,16-17,22,24H,5-7,12-15,18-21H2,1-4H3. The fourth-order valence-corrected chi connectivity index (χ4v) is 6.52. The second-order valence-electron chi connectivity index (χ2n) is 12.9. The van der Waals surface area contributed by atoms with Crippen LogP contribution in [0.5, 0.6) is 5.75 Å². The maximum Gasteiger partial charge on any atom is 0.311 e. The van der Waals surface area contributed by atoms with Crippen molar-refractivity contribution in [1.82, 2.24) is 9.80 Å². The van der Waals surface area contributed by atoms with Crippen molar-refractivity contribution >= 4 is 11.8 Å². The molecular formula is C33H42FN3O4. The van der Waals surface area contributed by atoms with E-state index in [0.717, 1.165) is 74.7 Å². The van der Waals surface area contributed by atoms with Crippen molar-refractivity contribution in [3.63, 3.8) is 0 Å². The number of likely N-dealkylation sites (tertiary alicyclic amines) is 2. The molecular weight excluding hydrogens is 521 g/mol. The zero-order chi connectivity index (χ0) is 28.8. The van der Waals surface area contributed by atoms with E-state index in [-0.39, 0.29) is 23.5 Å². The fraction of sp³-hybridized carbons (Fsp3) is 0.576. The minimum absolute atomic E-state index is 0.0381. The van der Waals surface area contributed by atoms with Gasteiger partial charge in [0.15, 0.2) is 5.60 Å². The van der Waals surface area contributed by atoms with Crippen molar-refractivity contribution in [3.8, 4) is 16.9 Å². The highest BCUT2D eigenvalue weighted by molar-refractivity contribution is 5.85. The number of hydrogen-bond acceptors (Lipinski definition) is 7. The van der Waals surface area contributed by atoms with Crippen LogP contribution in [0.1, 0.15) is 76.8 Å².